The molecular formula is C12H16FNO2. The molecule has 0 aliphatic rings. The number of hydrogen-bond acceptors (Lipinski definition) is 3. The number of carbonyl (C=O) groups excluding carboxylic acids is 1. The summed E-state index contributed by atoms with van der Waals surface area (Å²) in [6, 6.07) is 6.10. The van der Waals surface area contributed by atoms with E-state index in [4.69, 9.17) is 0 Å². The zero-order valence-corrected chi connectivity index (χ0v) is 9.74. The monoisotopic (exact) mass is 225 g/mol. The number of carbonyl (C=O) groups is 1. The predicted molar refractivity (Wildman–Crippen MR) is 59.5 cm³/mol. The molecular weight excluding hydrogens is 209 g/mol. The van der Waals surface area contributed by atoms with Crippen molar-refractivity contribution >= 4 is 5.97 Å². The molecule has 0 aromatic heterocycles. The molecule has 1 atom stereocenters. The van der Waals surface area contributed by atoms with Crippen LogP contribution in [0.15, 0.2) is 24.3 Å². The number of benzene rings is 1. The van der Waals surface area contributed by atoms with Crippen molar-refractivity contribution in [3.8, 4) is 0 Å². The molecule has 0 saturated carbocycles. The van der Waals surface area contributed by atoms with E-state index in [9.17, 15) is 9.18 Å². The quantitative estimate of drug-likeness (QED) is 0.734. The van der Waals surface area contributed by atoms with E-state index < -0.39 is 0 Å². The molecule has 0 radical (unpaired) electrons. The average Bonchev–Trinajstić information content (AvgIpc) is 2.25. The molecule has 1 rings (SSSR count). The summed E-state index contributed by atoms with van der Waals surface area (Å²) in [5.41, 5.74) is 0.774. The van der Waals surface area contributed by atoms with E-state index in [0.29, 0.717) is 0 Å². The van der Waals surface area contributed by atoms with Gasteiger partial charge in [-0.05, 0) is 31.8 Å². The van der Waals surface area contributed by atoms with Crippen LogP contribution in [0.3, 0.4) is 0 Å². The molecule has 0 aliphatic heterocycles. The number of ether oxygens (including phenoxy) is 1. The highest BCUT2D eigenvalue weighted by Crippen LogP contribution is 2.22. The Hall–Kier alpha value is -1.42. The third kappa shape index (κ3) is 3.31. The lowest BCUT2D eigenvalue weighted by atomic mass is 10.0. The average molecular weight is 225 g/mol. The van der Waals surface area contributed by atoms with Gasteiger partial charge in [-0.2, -0.15) is 0 Å². The summed E-state index contributed by atoms with van der Waals surface area (Å²) in [4.78, 5) is 13.1. The maximum absolute atomic E-state index is 13.1. The van der Waals surface area contributed by atoms with Gasteiger partial charge in [-0.15, -0.1) is 0 Å². The van der Waals surface area contributed by atoms with Crippen LogP contribution in [-0.2, 0) is 9.53 Å². The largest absolute Gasteiger partial charge is 0.469 e. The van der Waals surface area contributed by atoms with Crippen LogP contribution in [0.2, 0.25) is 0 Å². The maximum Gasteiger partial charge on any atom is 0.307 e. The summed E-state index contributed by atoms with van der Waals surface area (Å²) in [7, 11) is 5.04. The van der Waals surface area contributed by atoms with Crippen LogP contribution in [0.1, 0.15) is 18.0 Å². The fraction of sp³-hybridized carbons (Fsp3) is 0.417. The molecule has 0 fully saturated rings. The third-order valence-corrected chi connectivity index (χ3v) is 2.44. The van der Waals surface area contributed by atoms with Crippen LogP contribution >= 0.6 is 0 Å². The first kappa shape index (κ1) is 12.6. The zero-order valence-electron chi connectivity index (χ0n) is 9.74. The summed E-state index contributed by atoms with van der Waals surface area (Å²) in [5.74, 6) is -0.600. The molecule has 0 heterocycles. The molecule has 0 amide bonds. The van der Waals surface area contributed by atoms with Crippen LogP contribution in [-0.4, -0.2) is 32.1 Å². The van der Waals surface area contributed by atoms with E-state index in [2.05, 4.69) is 4.74 Å². The molecule has 88 valence electrons. The lowest BCUT2D eigenvalue weighted by molar-refractivity contribution is -0.141. The number of nitrogens with zero attached hydrogens (tertiary/aromatic N) is 1. The molecule has 0 bridgehead atoms. The minimum Gasteiger partial charge on any atom is -0.469 e. The van der Waals surface area contributed by atoms with E-state index in [1.165, 1.54) is 19.2 Å². The molecule has 0 spiro atoms. The first-order valence-corrected chi connectivity index (χ1v) is 5.03. The maximum atomic E-state index is 13.1. The van der Waals surface area contributed by atoms with Crippen molar-refractivity contribution in [1.82, 2.24) is 4.90 Å². The summed E-state index contributed by atoms with van der Waals surface area (Å²) in [6.07, 6.45) is 0.215. The Morgan fingerprint density at radius 2 is 2.19 bits per heavy atom. The zero-order chi connectivity index (χ0) is 12.1. The second-order valence-electron chi connectivity index (χ2n) is 3.81. The summed E-state index contributed by atoms with van der Waals surface area (Å²) in [5, 5.41) is 0. The minimum absolute atomic E-state index is 0.164. The topological polar surface area (TPSA) is 29.5 Å². The van der Waals surface area contributed by atoms with Crippen molar-refractivity contribution in [3.05, 3.63) is 35.6 Å². The minimum atomic E-state index is -0.303. The van der Waals surface area contributed by atoms with Gasteiger partial charge in [-0.3, -0.25) is 4.79 Å². The van der Waals surface area contributed by atoms with Gasteiger partial charge in [0.05, 0.1) is 13.5 Å². The third-order valence-electron chi connectivity index (χ3n) is 2.44. The first-order valence-electron chi connectivity index (χ1n) is 5.03. The molecule has 3 nitrogen and oxygen atoms in total. The predicted octanol–water partition coefficient (Wildman–Crippen LogP) is 1.99. The summed E-state index contributed by atoms with van der Waals surface area (Å²) >= 11 is 0. The molecule has 1 unspecified atom stereocenters. The van der Waals surface area contributed by atoms with Gasteiger partial charge in [-0.25, -0.2) is 4.39 Å². The standard InChI is InChI=1S/C12H16FNO2/c1-14(2)11(8-12(15)16-3)9-5-4-6-10(13)7-9/h4-7,11H,8H2,1-3H3. The Kier molecular flexibility index (Phi) is 4.43. The second kappa shape index (κ2) is 5.61. The van der Waals surface area contributed by atoms with E-state index in [1.54, 1.807) is 12.1 Å². The molecule has 0 aliphatic carbocycles. The lowest BCUT2D eigenvalue weighted by Crippen LogP contribution is -2.23. The Bertz CT molecular complexity index is 366. The van der Waals surface area contributed by atoms with Crippen LogP contribution in [0, 0.1) is 5.82 Å². The number of halogens is 1. The number of methoxy groups -OCH3 is 1. The number of hydrogen-bond donors (Lipinski definition) is 0. The van der Waals surface area contributed by atoms with Crippen molar-refractivity contribution in [3.63, 3.8) is 0 Å². The van der Waals surface area contributed by atoms with Gasteiger partial charge in [0.1, 0.15) is 5.82 Å². The van der Waals surface area contributed by atoms with Gasteiger partial charge in [0.2, 0.25) is 0 Å². The van der Waals surface area contributed by atoms with Crippen molar-refractivity contribution in [1.29, 1.82) is 0 Å². The lowest BCUT2D eigenvalue weighted by Gasteiger charge is -2.23. The van der Waals surface area contributed by atoms with Crippen molar-refractivity contribution in [2.45, 2.75) is 12.5 Å². The second-order valence-corrected chi connectivity index (χ2v) is 3.81. The molecule has 4 heteroatoms. The van der Waals surface area contributed by atoms with Gasteiger partial charge in [0.25, 0.3) is 0 Å². The van der Waals surface area contributed by atoms with Gasteiger partial charge >= 0.3 is 5.97 Å². The highest BCUT2D eigenvalue weighted by molar-refractivity contribution is 5.70. The van der Waals surface area contributed by atoms with Crippen molar-refractivity contribution in [2.75, 3.05) is 21.2 Å². The van der Waals surface area contributed by atoms with Gasteiger partial charge in [-0.1, -0.05) is 12.1 Å². The van der Waals surface area contributed by atoms with Crippen molar-refractivity contribution < 1.29 is 13.9 Å². The first-order chi connectivity index (χ1) is 7.54. The van der Waals surface area contributed by atoms with E-state index in [-0.39, 0.29) is 24.2 Å². The molecule has 1 aromatic carbocycles. The highest BCUT2D eigenvalue weighted by Gasteiger charge is 2.18. The number of rotatable bonds is 4. The fourth-order valence-corrected chi connectivity index (χ4v) is 1.55. The molecule has 1 aromatic rings. The smallest absolute Gasteiger partial charge is 0.307 e. The van der Waals surface area contributed by atoms with Gasteiger partial charge in [0, 0.05) is 6.04 Å². The van der Waals surface area contributed by atoms with Crippen LogP contribution in [0.25, 0.3) is 0 Å². The Labute approximate surface area is 94.8 Å². The van der Waals surface area contributed by atoms with Crippen molar-refractivity contribution in [2.24, 2.45) is 0 Å². The van der Waals surface area contributed by atoms with Gasteiger partial charge < -0.3 is 9.64 Å². The van der Waals surface area contributed by atoms with Crippen LogP contribution < -0.4 is 0 Å². The molecule has 16 heavy (non-hydrogen) atoms. The SMILES string of the molecule is COC(=O)CC(c1cccc(F)c1)N(C)C. The van der Waals surface area contributed by atoms with E-state index >= 15 is 0 Å². The number of esters is 1. The Balaban J connectivity index is 2.89. The van der Waals surface area contributed by atoms with E-state index in [1.807, 2.05) is 19.0 Å². The Morgan fingerprint density at radius 1 is 1.50 bits per heavy atom. The van der Waals surface area contributed by atoms with E-state index in [0.717, 1.165) is 5.56 Å². The summed E-state index contributed by atoms with van der Waals surface area (Å²) in [6.45, 7) is 0. The highest BCUT2D eigenvalue weighted by atomic mass is 19.1. The molecule has 0 N–H and O–H groups in total. The van der Waals surface area contributed by atoms with Crippen LogP contribution in [0.4, 0.5) is 4.39 Å². The Morgan fingerprint density at radius 3 is 2.69 bits per heavy atom. The van der Waals surface area contributed by atoms with Gasteiger partial charge in [0.15, 0.2) is 0 Å². The summed E-state index contributed by atoms with van der Waals surface area (Å²) < 4.78 is 17.7. The normalized spacial score (nSPS) is 12.6. The fourth-order valence-electron chi connectivity index (χ4n) is 1.55. The molecule has 0 saturated heterocycles. The van der Waals surface area contributed by atoms with Crippen LogP contribution in [0.5, 0.6) is 0 Å².